The Kier molecular flexibility index (Phi) is 4.23. The number of carboxylic acids is 1. The molecular weight excluding hydrogens is 282 g/mol. The molecule has 0 aromatic carbocycles. The predicted molar refractivity (Wildman–Crippen MR) is 68.5 cm³/mol. The zero-order chi connectivity index (χ0) is 15.4. The third-order valence-electron chi connectivity index (χ3n) is 2.80. The van der Waals surface area contributed by atoms with Crippen LogP contribution in [0.15, 0.2) is 21.9 Å². The number of H-pyrrole nitrogens is 1. The summed E-state index contributed by atoms with van der Waals surface area (Å²) in [7, 11) is 0. The van der Waals surface area contributed by atoms with E-state index in [4.69, 9.17) is 10.8 Å². The summed E-state index contributed by atoms with van der Waals surface area (Å²) in [6.07, 6.45) is 1.46. The van der Waals surface area contributed by atoms with Gasteiger partial charge < -0.3 is 10.8 Å². The molecule has 2 heterocycles. The van der Waals surface area contributed by atoms with Crippen molar-refractivity contribution in [2.75, 3.05) is 0 Å². The summed E-state index contributed by atoms with van der Waals surface area (Å²) in [5.41, 5.74) is 4.24. The topological polar surface area (TPSA) is 162 Å². The molecule has 0 amide bonds. The highest BCUT2D eigenvalue weighted by Gasteiger charge is 2.14. The fourth-order valence-electron chi connectivity index (χ4n) is 1.69. The minimum absolute atomic E-state index is 0.0559. The van der Waals surface area contributed by atoms with Crippen molar-refractivity contribution in [3.05, 3.63) is 38.9 Å². The van der Waals surface area contributed by atoms with E-state index < -0.39 is 23.3 Å². The van der Waals surface area contributed by atoms with Gasteiger partial charge in [0.05, 0.1) is 6.54 Å². The summed E-state index contributed by atoms with van der Waals surface area (Å²) < 4.78 is 2.04. The summed E-state index contributed by atoms with van der Waals surface area (Å²) in [5, 5.41) is 21.8. The summed E-state index contributed by atoms with van der Waals surface area (Å²) in [4.78, 5) is 34.5. The molecule has 0 fully saturated rings. The first-order chi connectivity index (χ1) is 9.99. The second-order valence-corrected chi connectivity index (χ2v) is 4.26. The molecule has 0 aliphatic heterocycles. The van der Waals surface area contributed by atoms with Gasteiger partial charge in [0.2, 0.25) is 0 Å². The van der Waals surface area contributed by atoms with Gasteiger partial charge in [0.25, 0.3) is 5.56 Å². The van der Waals surface area contributed by atoms with Crippen LogP contribution in [0, 0.1) is 0 Å². The van der Waals surface area contributed by atoms with E-state index in [2.05, 4.69) is 20.6 Å². The number of tetrazole rings is 1. The lowest BCUT2D eigenvalue weighted by Crippen LogP contribution is -2.44. The number of carbonyl (C=O) groups is 1. The quantitative estimate of drug-likeness (QED) is 0.514. The van der Waals surface area contributed by atoms with Gasteiger partial charge in [-0.25, -0.2) is 4.79 Å². The Morgan fingerprint density at radius 3 is 2.86 bits per heavy atom. The van der Waals surface area contributed by atoms with Gasteiger partial charge in [-0.3, -0.25) is 18.7 Å². The maximum atomic E-state index is 12.1. The molecule has 0 radical (unpaired) electrons. The second-order valence-electron chi connectivity index (χ2n) is 4.26. The minimum atomic E-state index is -1.23. The molecule has 0 aliphatic rings. The van der Waals surface area contributed by atoms with Gasteiger partial charge in [0, 0.05) is 25.2 Å². The normalized spacial score (nSPS) is 12.2. The number of nitrogens with zero attached hydrogens (tertiary/aromatic N) is 5. The average molecular weight is 295 g/mol. The highest BCUT2D eigenvalue weighted by molar-refractivity contribution is 5.72. The number of hydrogen-bond donors (Lipinski definition) is 3. The molecule has 4 N–H and O–H groups in total. The number of hydrogen-bond acceptors (Lipinski definition) is 7. The summed E-state index contributed by atoms with van der Waals surface area (Å²) in [5.74, 6) is -0.870. The van der Waals surface area contributed by atoms with Gasteiger partial charge in [-0.05, 0) is 0 Å². The molecule has 0 unspecified atom stereocenters. The highest BCUT2D eigenvalue weighted by atomic mass is 16.4. The van der Waals surface area contributed by atoms with Crippen molar-refractivity contribution in [2.24, 2.45) is 5.73 Å². The number of aromatic amines is 1. The SMILES string of the molecule is N[C@@H](Cn1ccc(=O)n(CCc2nn[nH]n2)c1=O)C(=O)O. The Hall–Kier alpha value is -2.82. The Bertz CT molecular complexity index is 733. The van der Waals surface area contributed by atoms with Gasteiger partial charge in [0.1, 0.15) is 6.04 Å². The van der Waals surface area contributed by atoms with Crippen molar-refractivity contribution in [1.82, 2.24) is 29.8 Å². The summed E-state index contributed by atoms with van der Waals surface area (Å²) in [6.45, 7) is -0.170. The molecular formula is C10H13N7O4. The highest BCUT2D eigenvalue weighted by Crippen LogP contribution is 1.90. The maximum absolute atomic E-state index is 12.1. The molecule has 0 spiro atoms. The number of nitrogens with two attached hydrogens (primary N) is 1. The molecule has 2 rings (SSSR count). The smallest absolute Gasteiger partial charge is 0.331 e. The van der Waals surface area contributed by atoms with Crippen molar-refractivity contribution < 1.29 is 9.90 Å². The number of aliphatic carboxylic acids is 1. The van der Waals surface area contributed by atoms with E-state index in [9.17, 15) is 14.4 Å². The van der Waals surface area contributed by atoms with Crippen LogP contribution < -0.4 is 17.0 Å². The van der Waals surface area contributed by atoms with Crippen LogP contribution in [0.25, 0.3) is 0 Å². The van der Waals surface area contributed by atoms with Crippen LogP contribution in [-0.4, -0.2) is 46.9 Å². The average Bonchev–Trinajstić information content (AvgIpc) is 2.94. The van der Waals surface area contributed by atoms with Crippen LogP contribution in [0.4, 0.5) is 0 Å². The first kappa shape index (κ1) is 14.6. The molecule has 0 saturated carbocycles. The molecule has 11 nitrogen and oxygen atoms in total. The van der Waals surface area contributed by atoms with E-state index >= 15 is 0 Å². The second kappa shape index (κ2) is 6.09. The fourth-order valence-corrected chi connectivity index (χ4v) is 1.69. The van der Waals surface area contributed by atoms with E-state index in [1.54, 1.807) is 0 Å². The van der Waals surface area contributed by atoms with E-state index in [1.807, 2.05) is 0 Å². The fraction of sp³-hybridized carbons (Fsp3) is 0.400. The molecule has 0 saturated heterocycles. The number of carboxylic acid groups (broad SMARTS) is 1. The third-order valence-corrected chi connectivity index (χ3v) is 2.80. The van der Waals surface area contributed by atoms with Crippen molar-refractivity contribution in [3.8, 4) is 0 Å². The Balaban J connectivity index is 2.22. The largest absolute Gasteiger partial charge is 0.480 e. The Labute approximate surface area is 117 Å². The van der Waals surface area contributed by atoms with Crippen molar-refractivity contribution in [3.63, 3.8) is 0 Å². The lowest BCUT2D eigenvalue weighted by Gasteiger charge is -2.11. The zero-order valence-electron chi connectivity index (χ0n) is 10.8. The van der Waals surface area contributed by atoms with Crippen molar-refractivity contribution in [2.45, 2.75) is 25.6 Å². The van der Waals surface area contributed by atoms with Gasteiger partial charge >= 0.3 is 11.7 Å². The molecule has 1 atom stereocenters. The first-order valence-electron chi connectivity index (χ1n) is 6.00. The lowest BCUT2D eigenvalue weighted by molar-refractivity contribution is -0.138. The van der Waals surface area contributed by atoms with E-state index in [0.29, 0.717) is 5.82 Å². The maximum Gasteiger partial charge on any atom is 0.331 e. The molecule has 2 aromatic rings. The van der Waals surface area contributed by atoms with Crippen LogP contribution in [0.2, 0.25) is 0 Å². The number of aromatic nitrogens is 6. The zero-order valence-corrected chi connectivity index (χ0v) is 10.8. The van der Waals surface area contributed by atoms with Gasteiger partial charge in [-0.2, -0.15) is 5.21 Å². The van der Waals surface area contributed by atoms with Gasteiger partial charge in [-0.15, -0.1) is 10.2 Å². The number of nitrogens with one attached hydrogen (secondary N) is 1. The van der Waals surface area contributed by atoms with Gasteiger partial charge in [-0.1, -0.05) is 5.21 Å². The van der Waals surface area contributed by atoms with Crippen molar-refractivity contribution in [1.29, 1.82) is 0 Å². The molecule has 112 valence electrons. The van der Waals surface area contributed by atoms with E-state index in [0.717, 1.165) is 9.13 Å². The summed E-state index contributed by atoms with van der Waals surface area (Å²) >= 11 is 0. The molecule has 0 bridgehead atoms. The van der Waals surface area contributed by atoms with Crippen LogP contribution in [-0.2, 0) is 24.3 Å². The van der Waals surface area contributed by atoms with Crippen molar-refractivity contribution >= 4 is 5.97 Å². The summed E-state index contributed by atoms with van der Waals surface area (Å²) in [6, 6.07) is -0.0579. The van der Waals surface area contributed by atoms with Crippen LogP contribution in [0.1, 0.15) is 5.82 Å². The van der Waals surface area contributed by atoms with E-state index in [1.165, 1.54) is 12.3 Å². The molecule has 11 heteroatoms. The monoisotopic (exact) mass is 295 g/mol. The van der Waals surface area contributed by atoms with Gasteiger partial charge in [0.15, 0.2) is 5.82 Å². The standard InChI is InChI=1S/C10H13N7O4/c11-6(9(19)20)5-16-3-2-8(18)17(10(16)21)4-1-7-12-14-15-13-7/h2-3,6H,1,4-5,11H2,(H,19,20)(H,12,13,14,15)/t6-/m0/s1. The molecule has 2 aromatic heterocycles. The molecule has 21 heavy (non-hydrogen) atoms. The number of aryl methyl sites for hydroxylation is 1. The lowest BCUT2D eigenvalue weighted by atomic mass is 10.3. The van der Waals surface area contributed by atoms with E-state index in [-0.39, 0.29) is 19.5 Å². The minimum Gasteiger partial charge on any atom is -0.480 e. The number of rotatable bonds is 6. The third kappa shape index (κ3) is 3.39. The Morgan fingerprint density at radius 2 is 2.24 bits per heavy atom. The van der Waals surface area contributed by atoms with Crippen LogP contribution >= 0.6 is 0 Å². The van der Waals surface area contributed by atoms with Crippen LogP contribution in [0.5, 0.6) is 0 Å². The Morgan fingerprint density at radius 1 is 1.48 bits per heavy atom. The molecule has 0 aliphatic carbocycles. The first-order valence-corrected chi connectivity index (χ1v) is 6.00. The predicted octanol–water partition coefficient (Wildman–Crippen LogP) is -2.82. The van der Waals surface area contributed by atoms with Crippen LogP contribution in [0.3, 0.4) is 0 Å².